The molecule has 0 unspecified atom stereocenters. The summed E-state index contributed by atoms with van der Waals surface area (Å²) >= 11 is 0. The molecular weight excluding hydrogens is 390 g/mol. The number of anilines is 1. The fourth-order valence-electron chi connectivity index (χ4n) is 3.66. The van der Waals surface area contributed by atoms with Gasteiger partial charge in [-0.1, -0.05) is 60.7 Å². The Hall–Kier alpha value is -4.26. The van der Waals surface area contributed by atoms with Gasteiger partial charge in [-0.25, -0.2) is 9.20 Å². The zero-order chi connectivity index (χ0) is 21.4. The summed E-state index contributed by atoms with van der Waals surface area (Å²) in [6.07, 6.45) is 1.46. The van der Waals surface area contributed by atoms with Gasteiger partial charge in [0.2, 0.25) is 5.91 Å². The van der Waals surface area contributed by atoms with E-state index in [9.17, 15) is 9.59 Å². The highest BCUT2D eigenvalue weighted by molar-refractivity contribution is 5.96. The molecule has 0 aliphatic rings. The highest BCUT2D eigenvalue weighted by atomic mass is 16.2. The van der Waals surface area contributed by atoms with Crippen LogP contribution >= 0.6 is 0 Å². The Kier molecular flexibility index (Phi) is 4.55. The summed E-state index contributed by atoms with van der Waals surface area (Å²) in [5, 5.41) is 10.8. The number of benzene rings is 3. The lowest BCUT2D eigenvalue weighted by atomic mass is 10.0. The Morgan fingerprint density at radius 3 is 2.55 bits per heavy atom. The number of carbonyl (C=O) groups is 1. The van der Waals surface area contributed by atoms with Gasteiger partial charge < -0.3 is 4.90 Å². The molecule has 0 spiro atoms. The third-order valence-corrected chi connectivity index (χ3v) is 5.36. The first kappa shape index (κ1) is 18.7. The van der Waals surface area contributed by atoms with E-state index in [4.69, 9.17) is 0 Å². The van der Waals surface area contributed by atoms with Gasteiger partial charge in [-0.2, -0.15) is 10.2 Å². The predicted octanol–water partition coefficient (Wildman–Crippen LogP) is 3.37. The smallest absolute Gasteiger partial charge is 0.293 e. The van der Waals surface area contributed by atoms with Gasteiger partial charge in [0, 0.05) is 18.3 Å². The van der Waals surface area contributed by atoms with E-state index in [-0.39, 0.29) is 18.0 Å². The molecule has 0 N–H and O–H groups in total. The quantitative estimate of drug-likeness (QED) is 0.456. The second kappa shape index (κ2) is 7.53. The molecule has 0 saturated carbocycles. The summed E-state index contributed by atoms with van der Waals surface area (Å²) in [6.45, 7) is -0.157. The predicted molar refractivity (Wildman–Crippen MR) is 120 cm³/mol. The molecule has 0 bridgehead atoms. The van der Waals surface area contributed by atoms with Crippen molar-refractivity contribution in [1.29, 1.82) is 0 Å². The monoisotopic (exact) mass is 409 g/mol. The largest absolute Gasteiger partial charge is 0.314 e. The molecule has 1 amide bonds. The van der Waals surface area contributed by atoms with Crippen LogP contribution < -0.4 is 10.5 Å². The maximum absolute atomic E-state index is 13.0. The van der Waals surface area contributed by atoms with Crippen LogP contribution in [0.1, 0.15) is 0 Å². The van der Waals surface area contributed by atoms with Crippen LogP contribution in [0.2, 0.25) is 0 Å². The molecule has 0 atom stereocenters. The van der Waals surface area contributed by atoms with E-state index in [0.717, 1.165) is 22.0 Å². The summed E-state index contributed by atoms with van der Waals surface area (Å²) in [4.78, 5) is 27.2. The van der Waals surface area contributed by atoms with E-state index in [0.29, 0.717) is 11.2 Å². The van der Waals surface area contributed by atoms with Gasteiger partial charge in [0.05, 0.1) is 5.69 Å². The molecule has 0 fully saturated rings. The van der Waals surface area contributed by atoms with Crippen LogP contribution in [0.15, 0.2) is 90.0 Å². The lowest BCUT2D eigenvalue weighted by Gasteiger charge is -2.17. The van der Waals surface area contributed by atoms with E-state index < -0.39 is 0 Å². The minimum absolute atomic E-state index is 0.157. The second-order valence-electron chi connectivity index (χ2n) is 7.27. The molecule has 3 aromatic carbocycles. The van der Waals surface area contributed by atoms with Gasteiger partial charge >= 0.3 is 0 Å². The number of hydrogen-bond acceptors (Lipinski definition) is 4. The van der Waals surface area contributed by atoms with Crippen LogP contribution in [0, 0.1) is 0 Å². The number of fused-ring (bicyclic) bond motifs is 2. The first-order valence-electron chi connectivity index (χ1n) is 9.87. The molecule has 5 rings (SSSR count). The first-order chi connectivity index (χ1) is 15.1. The summed E-state index contributed by atoms with van der Waals surface area (Å²) < 4.78 is 2.63. The molecule has 31 heavy (non-hydrogen) atoms. The summed E-state index contributed by atoms with van der Waals surface area (Å²) in [6, 6.07) is 25.0. The standard InChI is InChI=1S/C24H19N5O2/c1-27(18-10-3-2-4-11-18)23(30)15-28-24(31)22-14-21(26-29(22)16-25-28)20-13-7-9-17-8-5-6-12-19(17)20/h2-14,16H,15H2,1H3. The van der Waals surface area contributed by atoms with Gasteiger partial charge in [0.15, 0.2) is 0 Å². The maximum Gasteiger partial charge on any atom is 0.293 e. The number of hydrogen-bond donors (Lipinski definition) is 0. The third kappa shape index (κ3) is 3.36. The molecular formula is C24H19N5O2. The lowest BCUT2D eigenvalue weighted by Crippen LogP contribution is -2.35. The number of rotatable bonds is 4. The number of para-hydroxylation sites is 1. The van der Waals surface area contributed by atoms with Crippen LogP contribution in [-0.2, 0) is 11.3 Å². The fourth-order valence-corrected chi connectivity index (χ4v) is 3.66. The van der Waals surface area contributed by atoms with Crippen LogP contribution in [0.25, 0.3) is 27.5 Å². The highest BCUT2D eigenvalue weighted by Gasteiger charge is 2.16. The molecule has 2 aromatic heterocycles. The van der Waals surface area contributed by atoms with Crippen LogP contribution in [0.3, 0.4) is 0 Å². The third-order valence-electron chi connectivity index (χ3n) is 5.36. The molecule has 5 aromatic rings. The van der Waals surface area contributed by atoms with Crippen molar-refractivity contribution in [3.05, 3.63) is 95.5 Å². The average Bonchev–Trinajstić information content (AvgIpc) is 3.25. The number of likely N-dealkylation sites (N-methyl/N-ethyl adjacent to an activating group) is 1. The van der Waals surface area contributed by atoms with Crippen molar-refractivity contribution in [3.63, 3.8) is 0 Å². The Morgan fingerprint density at radius 1 is 0.968 bits per heavy atom. The SMILES string of the molecule is CN(C(=O)Cn1ncn2nc(-c3cccc4ccccc34)cc2c1=O)c1ccccc1. The van der Waals surface area contributed by atoms with Gasteiger partial charge in [-0.15, -0.1) is 0 Å². The number of aromatic nitrogens is 4. The topological polar surface area (TPSA) is 72.5 Å². The number of carbonyl (C=O) groups excluding carboxylic acids is 1. The number of nitrogens with zero attached hydrogens (tertiary/aromatic N) is 5. The van der Waals surface area contributed by atoms with E-state index in [1.807, 2.05) is 72.8 Å². The fraction of sp³-hybridized carbons (Fsp3) is 0.0833. The van der Waals surface area contributed by atoms with Gasteiger partial charge in [0.1, 0.15) is 18.4 Å². The summed E-state index contributed by atoms with van der Waals surface area (Å²) in [5.41, 5.74) is 2.38. The zero-order valence-electron chi connectivity index (χ0n) is 16.8. The molecule has 0 aliphatic heterocycles. The van der Waals surface area contributed by atoms with Gasteiger partial charge in [-0.05, 0) is 29.0 Å². The van der Waals surface area contributed by atoms with Crippen LogP contribution in [-0.4, -0.2) is 32.3 Å². The van der Waals surface area contributed by atoms with Crippen molar-refractivity contribution in [1.82, 2.24) is 19.4 Å². The molecule has 0 saturated heterocycles. The van der Waals surface area contributed by atoms with Crippen molar-refractivity contribution >= 4 is 27.9 Å². The Labute approximate surface area is 177 Å². The van der Waals surface area contributed by atoms with Crippen molar-refractivity contribution in [2.24, 2.45) is 0 Å². The van der Waals surface area contributed by atoms with Crippen LogP contribution in [0.5, 0.6) is 0 Å². The van der Waals surface area contributed by atoms with Crippen molar-refractivity contribution in [3.8, 4) is 11.3 Å². The highest BCUT2D eigenvalue weighted by Crippen LogP contribution is 2.27. The van der Waals surface area contributed by atoms with E-state index in [1.54, 1.807) is 13.1 Å². The minimum Gasteiger partial charge on any atom is -0.314 e. The summed E-state index contributed by atoms with van der Waals surface area (Å²) in [5.74, 6) is -0.237. The molecule has 152 valence electrons. The lowest BCUT2D eigenvalue weighted by molar-refractivity contribution is -0.119. The van der Waals surface area contributed by atoms with Gasteiger partial charge in [-0.3, -0.25) is 9.59 Å². The van der Waals surface area contributed by atoms with E-state index >= 15 is 0 Å². The van der Waals surface area contributed by atoms with Crippen LogP contribution in [0.4, 0.5) is 5.69 Å². The molecule has 0 aliphatic carbocycles. The molecule has 0 radical (unpaired) electrons. The molecule has 7 nitrogen and oxygen atoms in total. The van der Waals surface area contributed by atoms with Crippen molar-refractivity contribution in [2.75, 3.05) is 11.9 Å². The Balaban J connectivity index is 1.51. The van der Waals surface area contributed by atoms with E-state index in [2.05, 4.69) is 10.2 Å². The minimum atomic E-state index is -0.365. The van der Waals surface area contributed by atoms with Crippen molar-refractivity contribution in [2.45, 2.75) is 6.54 Å². The number of amides is 1. The Bertz CT molecular complexity index is 1460. The molecule has 2 heterocycles. The van der Waals surface area contributed by atoms with E-state index in [1.165, 1.54) is 20.4 Å². The van der Waals surface area contributed by atoms with Gasteiger partial charge in [0.25, 0.3) is 5.56 Å². The first-order valence-corrected chi connectivity index (χ1v) is 9.87. The zero-order valence-corrected chi connectivity index (χ0v) is 16.8. The average molecular weight is 409 g/mol. The molecule has 7 heteroatoms. The van der Waals surface area contributed by atoms with Crippen molar-refractivity contribution < 1.29 is 4.79 Å². The second-order valence-corrected chi connectivity index (χ2v) is 7.27. The maximum atomic E-state index is 13.0. The normalized spacial score (nSPS) is 11.1. The Morgan fingerprint density at radius 2 is 1.71 bits per heavy atom. The summed E-state index contributed by atoms with van der Waals surface area (Å²) in [7, 11) is 1.68.